The molecule has 22 heavy (non-hydrogen) atoms. The summed E-state index contributed by atoms with van der Waals surface area (Å²) in [5.74, 6) is -1.88. The van der Waals surface area contributed by atoms with Crippen LogP contribution in [-0.2, 0) is 7.05 Å². The molecule has 5 nitrogen and oxygen atoms in total. The van der Waals surface area contributed by atoms with Gasteiger partial charge in [-0.25, -0.2) is 13.8 Å². The molecule has 0 aliphatic heterocycles. The van der Waals surface area contributed by atoms with Crippen LogP contribution in [0.15, 0.2) is 40.1 Å². The highest BCUT2D eigenvalue weighted by atomic mass is 35.5. The van der Waals surface area contributed by atoms with Crippen molar-refractivity contribution in [3.63, 3.8) is 0 Å². The van der Waals surface area contributed by atoms with Gasteiger partial charge in [0.25, 0.3) is 5.56 Å². The van der Waals surface area contributed by atoms with E-state index in [4.69, 9.17) is 17.3 Å². The van der Waals surface area contributed by atoms with E-state index in [2.05, 4.69) is 6.58 Å². The second-order valence-electron chi connectivity index (χ2n) is 4.36. The molecule has 8 heteroatoms. The number of halogens is 3. The third-order valence-electron chi connectivity index (χ3n) is 3.01. The van der Waals surface area contributed by atoms with Crippen LogP contribution in [0.25, 0.3) is 11.5 Å². The van der Waals surface area contributed by atoms with Crippen molar-refractivity contribution < 1.29 is 8.78 Å². The zero-order valence-corrected chi connectivity index (χ0v) is 12.1. The molecule has 1 aromatic carbocycles. The Balaban J connectivity index is 2.88. The first-order valence-corrected chi connectivity index (χ1v) is 6.29. The van der Waals surface area contributed by atoms with Crippen molar-refractivity contribution in [2.45, 2.75) is 0 Å². The maximum absolute atomic E-state index is 14.0. The summed E-state index contributed by atoms with van der Waals surface area (Å²) in [6.45, 7) is 3.10. The summed E-state index contributed by atoms with van der Waals surface area (Å²) in [5.41, 5.74) is 4.93. The molecule has 1 aromatic heterocycles. The van der Waals surface area contributed by atoms with E-state index in [0.29, 0.717) is 4.57 Å². The van der Waals surface area contributed by atoms with Gasteiger partial charge in [-0.3, -0.25) is 9.36 Å². The van der Waals surface area contributed by atoms with E-state index in [1.54, 1.807) is 0 Å². The van der Waals surface area contributed by atoms with Crippen LogP contribution in [0.5, 0.6) is 0 Å². The number of nitrogens with zero attached hydrogens (tertiary/aromatic N) is 2. The third kappa shape index (κ3) is 2.47. The Bertz CT molecular complexity index is 940. The Hall–Kier alpha value is -2.63. The first kappa shape index (κ1) is 15.8. The highest BCUT2D eigenvalue weighted by Gasteiger charge is 2.17. The van der Waals surface area contributed by atoms with Crippen LogP contribution in [0.4, 0.5) is 14.5 Å². The third-order valence-corrected chi connectivity index (χ3v) is 3.33. The van der Waals surface area contributed by atoms with E-state index in [0.717, 1.165) is 22.8 Å². The fourth-order valence-corrected chi connectivity index (χ4v) is 2.02. The lowest BCUT2D eigenvalue weighted by molar-refractivity contribution is 0.604. The van der Waals surface area contributed by atoms with Crippen molar-refractivity contribution in [3.05, 3.63) is 67.9 Å². The minimum atomic E-state index is -0.972. The number of anilines is 1. The number of nitrogens with two attached hydrogens (primary N) is 1. The topological polar surface area (TPSA) is 70.0 Å². The molecular formula is C14H10ClF2N3O2. The maximum atomic E-state index is 14.0. The molecule has 2 rings (SSSR count). The van der Waals surface area contributed by atoms with Gasteiger partial charge in [-0.2, -0.15) is 4.39 Å². The lowest BCUT2D eigenvalue weighted by Crippen LogP contribution is -2.39. The molecule has 2 N–H and O–H groups in total. The number of aromatic nitrogens is 2. The summed E-state index contributed by atoms with van der Waals surface area (Å²) in [6.07, 6.45) is 0. The Morgan fingerprint density at radius 1 is 1.36 bits per heavy atom. The van der Waals surface area contributed by atoms with Gasteiger partial charge in [0.15, 0.2) is 5.83 Å². The van der Waals surface area contributed by atoms with Crippen LogP contribution >= 0.6 is 11.6 Å². The van der Waals surface area contributed by atoms with E-state index < -0.39 is 22.9 Å². The van der Waals surface area contributed by atoms with Gasteiger partial charge in [-0.1, -0.05) is 23.9 Å². The average molecular weight is 326 g/mol. The predicted octanol–water partition coefficient (Wildman–Crippen LogP) is 2.01. The van der Waals surface area contributed by atoms with Gasteiger partial charge in [0.1, 0.15) is 5.82 Å². The average Bonchev–Trinajstić information content (AvgIpc) is 2.47. The van der Waals surface area contributed by atoms with E-state index in [1.807, 2.05) is 5.73 Å². The van der Waals surface area contributed by atoms with E-state index in [1.165, 1.54) is 7.05 Å². The smallest absolute Gasteiger partial charge is 0.336 e. The minimum absolute atomic E-state index is 0.00624. The lowest BCUT2D eigenvalue weighted by Gasteiger charge is -2.11. The van der Waals surface area contributed by atoms with E-state index in [-0.39, 0.29) is 22.1 Å². The van der Waals surface area contributed by atoms with Crippen molar-refractivity contribution in [1.29, 1.82) is 0 Å². The highest BCUT2D eigenvalue weighted by molar-refractivity contribution is 6.33. The van der Waals surface area contributed by atoms with Crippen LogP contribution < -0.4 is 17.0 Å². The van der Waals surface area contributed by atoms with Gasteiger partial charge in [0, 0.05) is 13.1 Å². The van der Waals surface area contributed by atoms with Crippen LogP contribution in [0, 0.1) is 5.82 Å². The first-order valence-electron chi connectivity index (χ1n) is 5.91. The number of hydrogen-bond acceptors (Lipinski definition) is 3. The first-order chi connectivity index (χ1) is 10.3. The van der Waals surface area contributed by atoms with Gasteiger partial charge in [0.2, 0.25) is 0 Å². The molecule has 0 saturated heterocycles. The molecule has 2 aromatic rings. The Kier molecular flexibility index (Phi) is 4.03. The van der Waals surface area contributed by atoms with Crippen molar-refractivity contribution in [1.82, 2.24) is 9.13 Å². The summed E-state index contributed by atoms with van der Waals surface area (Å²) in [7, 11) is 1.22. The summed E-state index contributed by atoms with van der Waals surface area (Å²) in [4.78, 5) is 24.3. The molecule has 1 heterocycles. The highest BCUT2D eigenvalue weighted by Crippen LogP contribution is 2.24. The molecule has 0 saturated carbocycles. The van der Waals surface area contributed by atoms with Crippen LogP contribution in [0.2, 0.25) is 5.02 Å². The predicted molar refractivity (Wildman–Crippen MR) is 80.3 cm³/mol. The molecule has 0 radical (unpaired) electrons. The molecule has 0 aliphatic carbocycles. The Morgan fingerprint density at radius 3 is 2.59 bits per heavy atom. The zero-order valence-electron chi connectivity index (χ0n) is 11.4. The largest absolute Gasteiger partial charge is 0.397 e. The maximum Gasteiger partial charge on any atom is 0.336 e. The summed E-state index contributed by atoms with van der Waals surface area (Å²) in [6, 6.07) is 2.77. The van der Waals surface area contributed by atoms with Crippen molar-refractivity contribution >= 4 is 23.1 Å². The minimum Gasteiger partial charge on any atom is -0.397 e. The second-order valence-corrected chi connectivity index (χ2v) is 4.77. The molecule has 0 amide bonds. The zero-order chi connectivity index (χ0) is 16.6. The van der Waals surface area contributed by atoms with Crippen LogP contribution in [0.3, 0.4) is 0 Å². The molecule has 0 bridgehead atoms. The number of rotatable bonds is 2. The Labute approximate surface area is 128 Å². The molecule has 0 aliphatic rings. The van der Waals surface area contributed by atoms with Gasteiger partial charge in [0.05, 0.1) is 22.1 Å². The van der Waals surface area contributed by atoms with Crippen molar-refractivity contribution in [2.24, 2.45) is 7.05 Å². The number of benzene rings is 1. The fourth-order valence-electron chi connectivity index (χ4n) is 1.87. The van der Waals surface area contributed by atoms with Gasteiger partial charge in [-0.05, 0) is 12.1 Å². The van der Waals surface area contributed by atoms with Crippen molar-refractivity contribution in [2.75, 3.05) is 5.73 Å². The van der Waals surface area contributed by atoms with E-state index >= 15 is 0 Å². The normalized spacial score (nSPS) is 10.4. The second kappa shape index (κ2) is 5.63. The summed E-state index contributed by atoms with van der Waals surface area (Å²) >= 11 is 5.67. The fraction of sp³-hybridized carbons (Fsp3) is 0.0714. The molecule has 0 fully saturated rings. The molecule has 0 atom stereocenters. The van der Waals surface area contributed by atoms with Gasteiger partial charge < -0.3 is 5.73 Å². The molecule has 0 spiro atoms. The Morgan fingerprint density at radius 2 is 2.00 bits per heavy atom. The van der Waals surface area contributed by atoms with E-state index in [9.17, 15) is 18.4 Å². The number of hydrogen-bond donors (Lipinski definition) is 1. The summed E-state index contributed by atoms with van der Waals surface area (Å²) < 4.78 is 28.9. The quantitative estimate of drug-likeness (QED) is 0.678. The van der Waals surface area contributed by atoms with Gasteiger partial charge in [-0.15, -0.1) is 0 Å². The van der Waals surface area contributed by atoms with Crippen LogP contribution in [-0.4, -0.2) is 9.13 Å². The van der Waals surface area contributed by atoms with Crippen LogP contribution in [0.1, 0.15) is 5.69 Å². The monoisotopic (exact) mass is 325 g/mol. The molecule has 114 valence electrons. The van der Waals surface area contributed by atoms with Crippen molar-refractivity contribution in [3.8, 4) is 5.69 Å². The SMILES string of the molecule is C=C=C(F)c1cc(=O)n(-c2cc(N)c(Cl)cc2F)c(=O)n1C. The molecule has 0 unspecified atom stereocenters. The standard InChI is InChI=1S/C14H10ClF2N3O2/c1-3-8(16)11-6-13(21)20(14(22)19(11)2)12-5-10(18)7(15)4-9(12)17/h4-6H,1,18H2,2H3. The summed E-state index contributed by atoms with van der Waals surface area (Å²) in [5, 5.41) is -0.0524. The lowest BCUT2D eigenvalue weighted by atomic mass is 10.2. The van der Waals surface area contributed by atoms with Gasteiger partial charge >= 0.3 is 5.69 Å². The molecular weight excluding hydrogens is 316 g/mol. The number of nitrogen functional groups attached to an aromatic ring is 1.